The van der Waals surface area contributed by atoms with Gasteiger partial charge in [0.1, 0.15) is 0 Å². The number of rotatable bonds is 2. The second-order valence-corrected chi connectivity index (χ2v) is 3.10. The lowest BCUT2D eigenvalue weighted by molar-refractivity contribution is 0.386. The molecule has 0 aromatic carbocycles. The minimum atomic E-state index is 0.705. The molecule has 1 aliphatic rings. The summed E-state index contributed by atoms with van der Waals surface area (Å²) in [6, 6.07) is 0. The average molecular weight is 145 g/mol. The van der Waals surface area contributed by atoms with Crippen LogP contribution in [0.25, 0.3) is 0 Å². The highest BCUT2D eigenvalue weighted by atomic mass is 35.5. The summed E-state index contributed by atoms with van der Waals surface area (Å²) < 4.78 is 0. The molecule has 52 valence electrons. The first-order valence-corrected chi connectivity index (χ1v) is 4.09. The predicted octanol–water partition coefficient (Wildman–Crippen LogP) is 2.97. The van der Waals surface area contributed by atoms with Gasteiger partial charge in [0.15, 0.2) is 0 Å². The zero-order valence-electron chi connectivity index (χ0n) is 5.86. The molecule has 0 nitrogen and oxygen atoms in total. The highest BCUT2D eigenvalue weighted by molar-refractivity contribution is 6.19. The fourth-order valence-electron chi connectivity index (χ4n) is 1.05. The summed E-state index contributed by atoms with van der Waals surface area (Å²) in [7, 11) is 0. The van der Waals surface area contributed by atoms with E-state index < -0.39 is 0 Å². The van der Waals surface area contributed by atoms with E-state index in [0.29, 0.717) is 5.88 Å². The van der Waals surface area contributed by atoms with E-state index in [1.165, 1.54) is 24.8 Å². The van der Waals surface area contributed by atoms with Crippen LogP contribution in [0.2, 0.25) is 0 Å². The van der Waals surface area contributed by atoms with Crippen LogP contribution in [0.5, 0.6) is 0 Å². The number of halogens is 1. The molecule has 0 heterocycles. The second kappa shape index (κ2) is 3.26. The molecule has 0 amide bonds. The van der Waals surface area contributed by atoms with Gasteiger partial charge in [0, 0.05) is 5.88 Å². The molecule has 0 aliphatic heterocycles. The molecule has 0 N–H and O–H groups in total. The molecule has 0 radical (unpaired) electrons. The van der Waals surface area contributed by atoms with Gasteiger partial charge in [-0.2, -0.15) is 0 Å². The van der Waals surface area contributed by atoms with Gasteiger partial charge in [-0.15, -0.1) is 11.6 Å². The summed E-state index contributed by atoms with van der Waals surface area (Å²) in [5.41, 5.74) is 1.33. The van der Waals surface area contributed by atoms with Crippen LogP contribution in [-0.2, 0) is 0 Å². The Morgan fingerprint density at radius 3 is 2.67 bits per heavy atom. The van der Waals surface area contributed by atoms with Crippen LogP contribution in [0, 0.1) is 5.92 Å². The van der Waals surface area contributed by atoms with Gasteiger partial charge in [-0.1, -0.05) is 18.1 Å². The van der Waals surface area contributed by atoms with E-state index in [2.05, 4.69) is 13.0 Å². The third-order valence-corrected chi connectivity index (χ3v) is 2.30. The lowest BCUT2D eigenvalue weighted by Gasteiger charge is -2.22. The summed E-state index contributed by atoms with van der Waals surface area (Å²) in [6.45, 7) is 2.10. The minimum Gasteiger partial charge on any atom is -0.122 e. The number of allylic oxidation sites excluding steroid dienone is 2. The van der Waals surface area contributed by atoms with Crippen LogP contribution in [0.3, 0.4) is 0 Å². The zero-order valence-corrected chi connectivity index (χ0v) is 6.62. The first-order valence-electron chi connectivity index (χ1n) is 3.56. The summed E-state index contributed by atoms with van der Waals surface area (Å²) in [5.74, 6) is 1.57. The third kappa shape index (κ3) is 2.02. The molecule has 9 heavy (non-hydrogen) atoms. The van der Waals surface area contributed by atoms with Crippen molar-refractivity contribution >= 4 is 11.6 Å². The Morgan fingerprint density at radius 1 is 1.67 bits per heavy atom. The van der Waals surface area contributed by atoms with Crippen molar-refractivity contribution in [3.63, 3.8) is 0 Å². The monoisotopic (exact) mass is 144 g/mol. The summed E-state index contributed by atoms with van der Waals surface area (Å²) in [4.78, 5) is 0. The zero-order chi connectivity index (χ0) is 6.69. The molecule has 1 saturated carbocycles. The van der Waals surface area contributed by atoms with E-state index in [4.69, 9.17) is 11.6 Å². The van der Waals surface area contributed by atoms with Crippen molar-refractivity contribution in [1.82, 2.24) is 0 Å². The molecular formula is C8H13Cl. The van der Waals surface area contributed by atoms with Gasteiger partial charge in [-0.05, 0) is 25.7 Å². The molecule has 0 bridgehead atoms. The molecule has 0 aromatic rings. The SMILES string of the molecule is CC(=CC1CCC1)CCl. The molecule has 0 atom stereocenters. The lowest BCUT2D eigenvalue weighted by atomic mass is 9.84. The van der Waals surface area contributed by atoms with Crippen molar-refractivity contribution in [3.8, 4) is 0 Å². The second-order valence-electron chi connectivity index (χ2n) is 2.84. The molecule has 1 heteroatoms. The van der Waals surface area contributed by atoms with E-state index in [9.17, 15) is 0 Å². The van der Waals surface area contributed by atoms with Gasteiger partial charge in [0.05, 0.1) is 0 Å². The Bertz CT molecular complexity index is 112. The Morgan fingerprint density at radius 2 is 2.33 bits per heavy atom. The molecular weight excluding hydrogens is 132 g/mol. The van der Waals surface area contributed by atoms with Crippen molar-refractivity contribution in [2.75, 3.05) is 5.88 Å². The maximum Gasteiger partial charge on any atom is 0.0430 e. The smallest absolute Gasteiger partial charge is 0.0430 e. The Labute approximate surface area is 61.9 Å². The van der Waals surface area contributed by atoms with Crippen LogP contribution in [-0.4, -0.2) is 5.88 Å². The molecule has 1 rings (SSSR count). The van der Waals surface area contributed by atoms with Gasteiger partial charge >= 0.3 is 0 Å². The van der Waals surface area contributed by atoms with Gasteiger partial charge in [0.25, 0.3) is 0 Å². The van der Waals surface area contributed by atoms with Crippen molar-refractivity contribution in [1.29, 1.82) is 0 Å². The van der Waals surface area contributed by atoms with E-state index in [1.807, 2.05) is 0 Å². The normalized spacial score (nSPS) is 21.8. The van der Waals surface area contributed by atoms with E-state index in [1.54, 1.807) is 0 Å². The van der Waals surface area contributed by atoms with Crippen LogP contribution in [0.1, 0.15) is 26.2 Å². The van der Waals surface area contributed by atoms with E-state index >= 15 is 0 Å². The summed E-state index contributed by atoms with van der Waals surface area (Å²) >= 11 is 5.61. The maximum absolute atomic E-state index is 5.61. The van der Waals surface area contributed by atoms with Crippen molar-refractivity contribution < 1.29 is 0 Å². The standard InChI is InChI=1S/C8H13Cl/c1-7(6-9)5-8-3-2-4-8/h5,8H,2-4,6H2,1H3. The maximum atomic E-state index is 5.61. The van der Waals surface area contributed by atoms with Gasteiger partial charge in [-0.25, -0.2) is 0 Å². The molecule has 0 saturated heterocycles. The predicted molar refractivity (Wildman–Crippen MR) is 41.8 cm³/mol. The van der Waals surface area contributed by atoms with Crippen LogP contribution in [0.4, 0.5) is 0 Å². The van der Waals surface area contributed by atoms with Crippen molar-refractivity contribution in [2.24, 2.45) is 5.92 Å². The summed E-state index contributed by atoms with van der Waals surface area (Å²) in [6.07, 6.45) is 6.50. The highest BCUT2D eigenvalue weighted by Crippen LogP contribution is 2.28. The fraction of sp³-hybridized carbons (Fsp3) is 0.750. The Hall–Kier alpha value is 0.0300. The lowest BCUT2D eigenvalue weighted by Crippen LogP contribution is -2.07. The number of hydrogen-bond acceptors (Lipinski definition) is 0. The van der Waals surface area contributed by atoms with Crippen LogP contribution < -0.4 is 0 Å². The van der Waals surface area contributed by atoms with Gasteiger partial charge in [0.2, 0.25) is 0 Å². The Kier molecular flexibility index (Phi) is 2.59. The van der Waals surface area contributed by atoms with Crippen molar-refractivity contribution in [3.05, 3.63) is 11.6 Å². The van der Waals surface area contributed by atoms with E-state index in [-0.39, 0.29) is 0 Å². The van der Waals surface area contributed by atoms with Gasteiger partial charge < -0.3 is 0 Å². The minimum absolute atomic E-state index is 0.705. The average Bonchev–Trinajstić information content (AvgIpc) is 1.78. The number of alkyl halides is 1. The van der Waals surface area contributed by atoms with Crippen LogP contribution in [0.15, 0.2) is 11.6 Å². The van der Waals surface area contributed by atoms with Gasteiger partial charge in [-0.3, -0.25) is 0 Å². The third-order valence-electron chi connectivity index (χ3n) is 1.88. The highest BCUT2D eigenvalue weighted by Gasteiger charge is 2.13. The first-order chi connectivity index (χ1) is 4.33. The first kappa shape index (κ1) is 7.14. The fourth-order valence-corrected chi connectivity index (χ4v) is 1.14. The Balaban J connectivity index is 2.27. The molecule has 1 fully saturated rings. The molecule has 1 aliphatic carbocycles. The topological polar surface area (TPSA) is 0 Å². The van der Waals surface area contributed by atoms with Crippen molar-refractivity contribution in [2.45, 2.75) is 26.2 Å². The number of hydrogen-bond donors (Lipinski definition) is 0. The largest absolute Gasteiger partial charge is 0.122 e. The molecule has 0 unspecified atom stereocenters. The van der Waals surface area contributed by atoms with E-state index in [0.717, 1.165) is 5.92 Å². The molecule has 0 spiro atoms. The quantitative estimate of drug-likeness (QED) is 0.413. The summed E-state index contributed by atoms with van der Waals surface area (Å²) in [5, 5.41) is 0. The molecule has 0 aromatic heterocycles. The van der Waals surface area contributed by atoms with Crippen LogP contribution >= 0.6 is 11.6 Å².